The first-order valence-electron chi connectivity index (χ1n) is 10.5. The van der Waals surface area contributed by atoms with Crippen molar-refractivity contribution in [2.24, 2.45) is 0 Å². The molecule has 168 valence electrons. The van der Waals surface area contributed by atoms with Crippen LogP contribution in [0.25, 0.3) is 10.9 Å². The van der Waals surface area contributed by atoms with E-state index in [4.69, 9.17) is 0 Å². The van der Waals surface area contributed by atoms with Crippen LogP contribution in [0.2, 0.25) is 0 Å². The van der Waals surface area contributed by atoms with Gasteiger partial charge >= 0.3 is 0 Å². The van der Waals surface area contributed by atoms with E-state index in [2.05, 4.69) is 5.32 Å². The molecular weight excluding hydrogens is 436 g/mol. The molecule has 0 atom stereocenters. The summed E-state index contributed by atoms with van der Waals surface area (Å²) in [4.78, 5) is 25.6. The zero-order valence-corrected chi connectivity index (χ0v) is 19.4. The smallest absolute Gasteiger partial charge is 0.244 e. The van der Waals surface area contributed by atoms with Crippen LogP contribution < -0.4 is 10.7 Å². The number of aryl methyl sites for hydroxylation is 3. The van der Waals surface area contributed by atoms with E-state index in [0.717, 1.165) is 16.7 Å². The second kappa shape index (κ2) is 8.67. The lowest BCUT2D eigenvalue weighted by molar-refractivity contribution is -0.116. The van der Waals surface area contributed by atoms with Gasteiger partial charge in [-0.05, 0) is 68.3 Å². The van der Waals surface area contributed by atoms with E-state index in [1.165, 1.54) is 16.8 Å². The van der Waals surface area contributed by atoms with Crippen molar-refractivity contribution in [3.05, 3.63) is 99.8 Å². The molecule has 0 unspecified atom stereocenters. The van der Waals surface area contributed by atoms with E-state index < -0.39 is 15.3 Å². The molecule has 0 fully saturated rings. The Morgan fingerprint density at radius 3 is 2.30 bits per heavy atom. The minimum Gasteiger partial charge on any atom is -0.336 e. The lowest BCUT2D eigenvalue weighted by Crippen LogP contribution is -2.24. The highest BCUT2D eigenvalue weighted by Gasteiger charge is 2.24. The van der Waals surface area contributed by atoms with Crippen molar-refractivity contribution in [3.8, 4) is 0 Å². The molecular formula is C26H24N2O4S. The number of sulfone groups is 1. The highest BCUT2D eigenvalue weighted by Crippen LogP contribution is 2.23. The summed E-state index contributed by atoms with van der Waals surface area (Å²) >= 11 is 0. The Bertz CT molecular complexity index is 1540. The second-order valence-electron chi connectivity index (χ2n) is 8.13. The topological polar surface area (TPSA) is 85.2 Å². The summed E-state index contributed by atoms with van der Waals surface area (Å²) in [5.41, 5.74) is 3.38. The summed E-state index contributed by atoms with van der Waals surface area (Å²) in [6.45, 7) is 5.52. The molecule has 3 aromatic carbocycles. The van der Waals surface area contributed by atoms with Crippen LogP contribution in [0.4, 0.5) is 5.69 Å². The van der Waals surface area contributed by atoms with Gasteiger partial charge in [-0.1, -0.05) is 35.9 Å². The molecule has 0 radical (unpaired) electrons. The summed E-state index contributed by atoms with van der Waals surface area (Å²) in [5, 5.41) is 3.05. The van der Waals surface area contributed by atoms with Gasteiger partial charge in [0, 0.05) is 17.3 Å². The molecule has 1 N–H and O–H groups in total. The molecule has 0 saturated carbocycles. The SMILES string of the molecule is Cc1ccc(NC(=O)Cn2cc(S(=O)(=O)c3ccc(C)c(C)c3)c(=O)c3ccccc32)cc1. The number of pyridine rings is 1. The Morgan fingerprint density at radius 1 is 0.909 bits per heavy atom. The molecule has 1 heterocycles. The number of anilines is 1. The van der Waals surface area contributed by atoms with E-state index in [1.54, 1.807) is 48.5 Å². The van der Waals surface area contributed by atoms with Crippen LogP contribution in [0.15, 0.2) is 87.5 Å². The molecule has 6 nitrogen and oxygen atoms in total. The van der Waals surface area contributed by atoms with Gasteiger partial charge in [-0.3, -0.25) is 9.59 Å². The minimum atomic E-state index is -4.09. The zero-order valence-electron chi connectivity index (χ0n) is 18.6. The lowest BCUT2D eigenvalue weighted by Gasteiger charge is -2.14. The quantitative estimate of drug-likeness (QED) is 0.478. The monoisotopic (exact) mass is 460 g/mol. The Hall–Kier alpha value is -3.71. The van der Waals surface area contributed by atoms with Gasteiger partial charge in [0.2, 0.25) is 21.2 Å². The van der Waals surface area contributed by atoms with Crippen LogP contribution in [0.3, 0.4) is 0 Å². The number of hydrogen-bond donors (Lipinski definition) is 1. The molecule has 1 aromatic heterocycles. The Morgan fingerprint density at radius 2 is 1.61 bits per heavy atom. The molecule has 0 aliphatic carbocycles. The Kier molecular flexibility index (Phi) is 5.91. The molecule has 0 aliphatic rings. The molecule has 4 rings (SSSR count). The van der Waals surface area contributed by atoms with Gasteiger partial charge in [0.05, 0.1) is 10.4 Å². The maximum absolute atomic E-state index is 13.4. The number of hydrogen-bond acceptors (Lipinski definition) is 4. The van der Waals surface area contributed by atoms with Crippen molar-refractivity contribution >= 4 is 32.3 Å². The first-order valence-corrected chi connectivity index (χ1v) is 12.0. The van der Waals surface area contributed by atoms with Gasteiger partial charge in [0.25, 0.3) is 0 Å². The zero-order chi connectivity index (χ0) is 23.8. The number of nitrogens with zero attached hydrogens (tertiary/aromatic N) is 1. The van der Waals surface area contributed by atoms with Gasteiger partial charge in [0.1, 0.15) is 11.4 Å². The van der Waals surface area contributed by atoms with Gasteiger partial charge in [-0.25, -0.2) is 8.42 Å². The third-order valence-electron chi connectivity index (χ3n) is 5.68. The average molecular weight is 461 g/mol. The standard InChI is InChI=1S/C26H24N2O4S/c1-17-8-11-20(12-9-17)27-25(29)16-28-15-24(26(30)22-6-4-5-7-23(22)28)33(31,32)21-13-10-18(2)19(3)14-21/h4-15H,16H2,1-3H3,(H,27,29). The number of aromatic nitrogens is 1. The normalized spacial score (nSPS) is 11.5. The highest BCUT2D eigenvalue weighted by molar-refractivity contribution is 7.91. The van der Waals surface area contributed by atoms with Gasteiger partial charge in [-0.2, -0.15) is 0 Å². The number of amides is 1. The molecule has 0 saturated heterocycles. The van der Waals surface area contributed by atoms with Gasteiger partial charge < -0.3 is 9.88 Å². The Labute approximate surface area is 192 Å². The highest BCUT2D eigenvalue weighted by atomic mass is 32.2. The molecule has 4 aromatic rings. The first kappa shape index (κ1) is 22.5. The predicted octanol–water partition coefficient (Wildman–Crippen LogP) is 4.40. The number of fused-ring (bicyclic) bond motifs is 1. The van der Waals surface area contributed by atoms with E-state index in [-0.39, 0.29) is 27.6 Å². The molecule has 1 amide bonds. The number of rotatable bonds is 5. The maximum Gasteiger partial charge on any atom is 0.244 e. The summed E-state index contributed by atoms with van der Waals surface area (Å²) in [7, 11) is -4.09. The Balaban J connectivity index is 1.80. The van der Waals surface area contributed by atoms with Gasteiger partial charge in [-0.15, -0.1) is 0 Å². The molecule has 0 aliphatic heterocycles. The lowest BCUT2D eigenvalue weighted by atomic mass is 10.1. The fraction of sp³-hybridized carbons (Fsp3) is 0.154. The summed E-state index contributed by atoms with van der Waals surface area (Å²) in [6.07, 6.45) is 1.27. The van der Waals surface area contributed by atoms with Crippen LogP contribution in [0.1, 0.15) is 16.7 Å². The fourth-order valence-corrected chi connectivity index (χ4v) is 5.09. The second-order valence-corrected chi connectivity index (χ2v) is 10.0. The molecule has 33 heavy (non-hydrogen) atoms. The summed E-state index contributed by atoms with van der Waals surface area (Å²) in [5.74, 6) is -0.331. The largest absolute Gasteiger partial charge is 0.336 e. The number of para-hydroxylation sites is 1. The third kappa shape index (κ3) is 4.45. The van der Waals surface area contributed by atoms with E-state index in [1.807, 2.05) is 32.9 Å². The van der Waals surface area contributed by atoms with Crippen molar-refractivity contribution in [3.63, 3.8) is 0 Å². The number of nitrogens with one attached hydrogen (secondary N) is 1. The van der Waals surface area contributed by atoms with Crippen LogP contribution in [-0.2, 0) is 21.2 Å². The third-order valence-corrected chi connectivity index (χ3v) is 7.43. The molecule has 0 bridgehead atoms. The van der Waals surface area contributed by atoms with E-state index in [0.29, 0.717) is 11.2 Å². The molecule has 0 spiro atoms. The maximum atomic E-state index is 13.4. The number of carbonyl (C=O) groups excluding carboxylic acids is 1. The predicted molar refractivity (Wildman–Crippen MR) is 129 cm³/mol. The number of benzene rings is 3. The minimum absolute atomic E-state index is 0.0497. The first-order chi connectivity index (χ1) is 15.7. The van der Waals surface area contributed by atoms with E-state index in [9.17, 15) is 18.0 Å². The van der Waals surface area contributed by atoms with Gasteiger partial charge in [0.15, 0.2) is 0 Å². The fourth-order valence-electron chi connectivity index (χ4n) is 3.64. The van der Waals surface area contributed by atoms with Crippen molar-refractivity contribution in [1.29, 1.82) is 0 Å². The van der Waals surface area contributed by atoms with Crippen LogP contribution in [0.5, 0.6) is 0 Å². The van der Waals surface area contributed by atoms with Crippen LogP contribution >= 0.6 is 0 Å². The summed E-state index contributed by atoms with van der Waals surface area (Å²) < 4.78 is 28.3. The van der Waals surface area contributed by atoms with Crippen molar-refractivity contribution < 1.29 is 13.2 Å². The van der Waals surface area contributed by atoms with Crippen molar-refractivity contribution in [1.82, 2.24) is 4.57 Å². The van der Waals surface area contributed by atoms with Crippen LogP contribution in [0, 0.1) is 20.8 Å². The van der Waals surface area contributed by atoms with Crippen LogP contribution in [-0.4, -0.2) is 18.9 Å². The molecule has 7 heteroatoms. The summed E-state index contributed by atoms with van der Waals surface area (Å²) in [6, 6.07) is 18.8. The average Bonchev–Trinajstić information content (AvgIpc) is 2.79. The van der Waals surface area contributed by atoms with Crippen molar-refractivity contribution in [2.45, 2.75) is 37.1 Å². The number of carbonyl (C=O) groups is 1. The van der Waals surface area contributed by atoms with Crippen molar-refractivity contribution in [2.75, 3.05) is 5.32 Å². The van der Waals surface area contributed by atoms with E-state index >= 15 is 0 Å².